The molecule has 1 aromatic rings. The first-order chi connectivity index (χ1) is 11.4. The summed E-state index contributed by atoms with van der Waals surface area (Å²) >= 11 is 0. The Morgan fingerprint density at radius 1 is 1.21 bits per heavy atom. The van der Waals surface area contributed by atoms with Crippen LogP contribution in [0.4, 0.5) is 0 Å². The number of esters is 1. The van der Waals surface area contributed by atoms with Crippen LogP contribution < -0.4 is 0 Å². The van der Waals surface area contributed by atoms with Gasteiger partial charge in [-0.1, -0.05) is 44.4 Å². The van der Waals surface area contributed by atoms with Gasteiger partial charge in [0.25, 0.3) is 5.91 Å². The molecule has 1 aliphatic rings. The van der Waals surface area contributed by atoms with Crippen molar-refractivity contribution in [3.63, 3.8) is 0 Å². The van der Waals surface area contributed by atoms with Crippen LogP contribution in [0.3, 0.4) is 0 Å². The number of hydrogen-bond donors (Lipinski definition) is 0. The molecule has 1 amide bonds. The Morgan fingerprint density at radius 2 is 1.83 bits per heavy atom. The van der Waals surface area contributed by atoms with Crippen molar-refractivity contribution in [1.29, 1.82) is 0 Å². The fraction of sp³-hybridized carbons (Fsp3) is 0.600. The van der Waals surface area contributed by atoms with Gasteiger partial charge in [-0.15, -0.1) is 0 Å². The van der Waals surface area contributed by atoms with E-state index in [4.69, 9.17) is 4.74 Å². The molecule has 1 saturated carbocycles. The SMILES string of the molecule is COC(=O)C(C)CN(C(=O)c1ccc(C)cc1)C1CCCCC1C. The maximum atomic E-state index is 13.1. The average Bonchev–Trinajstić information content (AvgIpc) is 2.59. The van der Waals surface area contributed by atoms with Gasteiger partial charge in [0.2, 0.25) is 0 Å². The summed E-state index contributed by atoms with van der Waals surface area (Å²) in [5.74, 6) is -0.110. The summed E-state index contributed by atoms with van der Waals surface area (Å²) in [7, 11) is 1.40. The van der Waals surface area contributed by atoms with Crippen LogP contribution in [-0.2, 0) is 9.53 Å². The highest BCUT2D eigenvalue weighted by Gasteiger charge is 2.33. The minimum absolute atomic E-state index is 0.0181. The topological polar surface area (TPSA) is 46.6 Å². The average molecular weight is 331 g/mol. The molecule has 3 unspecified atom stereocenters. The third-order valence-corrected chi connectivity index (χ3v) is 5.10. The molecule has 0 bridgehead atoms. The molecule has 1 aliphatic carbocycles. The zero-order chi connectivity index (χ0) is 17.7. The van der Waals surface area contributed by atoms with Crippen molar-refractivity contribution in [3.8, 4) is 0 Å². The largest absolute Gasteiger partial charge is 0.469 e. The lowest BCUT2D eigenvalue weighted by molar-refractivity contribution is -0.145. The number of methoxy groups -OCH3 is 1. The molecule has 2 rings (SSSR count). The van der Waals surface area contributed by atoms with Crippen molar-refractivity contribution in [2.75, 3.05) is 13.7 Å². The Balaban J connectivity index is 2.25. The summed E-state index contributed by atoms with van der Waals surface area (Å²) in [5, 5.41) is 0. The van der Waals surface area contributed by atoms with Gasteiger partial charge in [-0.05, 0) is 37.8 Å². The van der Waals surface area contributed by atoms with Gasteiger partial charge in [-0.3, -0.25) is 9.59 Å². The van der Waals surface area contributed by atoms with Gasteiger partial charge in [0, 0.05) is 18.2 Å². The second-order valence-electron chi connectivity index (χ2n) is 7.08. The Bertz CT molecular complexity index is 567. The number of hydrogen-bond acceptors (Lipinski definition) is 3. The smallest absolute Gasteiger partial charge is 0.310 e. The van der Waals surface area contributed by atoms with E-state index in [1.54, 1.807) is 0 Å². The first-order valence-corrected chi connectivity index (χ1v) is 8.89. The quantitative estimate of drug-likeness (QED) is 0.771. The number of carbonyl (C=O) groups excluding carboxylic acids is 2. The standard InChI is InChI=1S/C20H29NO3/c1-14-9-11-17(12-10-14)19(22)21(13-16(3)20(23)24-4)18-8-6-5-7-15(18)2/h9-12,15-16,18H,5-8,13H2,1-4H3. The molecule has 132 valence electrons. The van der Waals surface area contributed by atoms with Gasteiger partial charge in [-0.25, -0.2) is 0 Å². The molecule has 0 saturated heterocycles. The Morgan fingerprint density at radius 3 is 2.42 bits per heavy atom. The molecule has 0 aliphatic heterocycles. The molecular weight excluding hydrogens is 302 g/mol. The van der Waals surface area contributed by atoms with Crippen molar-refractivity contribution in [3.05, 3.63) is 35.4 Å². The number of amides is 1. The molecular formula is C20H29NO3. The number of aryl methyl sites for hydroxylation is 1. The Hall–Kier alpha value is -1.84. The summed E-state index contributed by atoms with van der Waals surface area (Å²) in [6.07, 6.45) is 4.50. The summed E-state index contributed by atoms with van der Waals surface area (Å²) in [4.78, 5) is 26.9. The zero-order valence-electron chi connectivity index (χ0n) is 15.2. The van der Waals surface area contributed by atoms with Crippen molar-refractivity contribution in [1.82, 2.24) is 4.90 Å². The van der Waals surface area contributed by atoms with E-state index in [9.17, 15) is 9.59 Å². The number of nitrogens with zero attached hydrogens (tertiary/aromatic N) is 1. The van der Waals surface area contributed by atoms with Crippen LogP contribution in [0.25, 0.3) is 0 Å². The fourth-order valence-corrected chi connectivity index (χ4v) is 3.56. The molecule has 4 nitrogen and oxygen atoms in total. The molecule has 0 N–H and O–H groups in total. The van der Waals surface area contributed by atoms with Crippen molar-refractivity contribution in [2.24, 2.45) is 11.8 Å². The summed E-state index contributed by atoms with van der Waals surface area (Å²) < 4.78 is 4.85. The molecule has 0 spiro atoms. The molecule has 1 aromatic carbocycles. The van der Waals surface area contributed by atoms with E-state index in [1.807, 2.05) is 43.0 Å². The van der Waals surface area contributed by atoms with Crippen LogP contribution in [0.1, 0.15) is 55.5 Å². The molecule has 4 heteroatoms. The van der Waals surface area contributed by atoms with Crippen LogP contribution in [0.2, 0.25) is 0 Å². The zero-order valence-corrected chi connectivity index (χ0v) is 15.2. The number of rotatable bonds is 5. The third-order valence-electron chi connectivity index (χ3n) is 5.10. The minimum atomic E-state index is -0.321. The molecule has 1 fully saturated rings. The minimum Gasteiger partial charge on any atom is -0.469 e. The maximum absolute atomic E-state index is 13.1. The summed E-state index contributed by atoms with van der Waals surface area (Å²) in [5.41, 5.74) is 1.82. The van der Waals surface area contributed by atoms with E-state index >= 15 is 0 Å². The van der Waals surface area contributed by atoms with E-state index in [0.717, 1.165) is 24.8 Å². The first-order valence-electron chi connectivity index (χ1n) is 8.89. The molecule has 0 heterocycles. The maximum Gasteiger partial charge on any atom is 0.310 e. The normalized spacial score (nSPS) is 21.8. The lowest BCUT2D eigenvalue weighted by atomic mass is 9.84. The Labute approximate surface area is 145 Å². The van der Waals surface area contributed by atoms with E-state index < -0.39 is 0 Å². The monoisotopic (exact) mass is 331 g/mol. The highest BCUT2D eigenvalue weighted by atomic mass is 16.5. The molecule has 0 aromatic heterocycles. The predicted octanol–water partition coefficient (Wildman–Crippen LogP) is 3.83. The second kappa shape index (κ2) is 8.32. The predicted molar refractivity (Wildman–Crippen MR) is 94.8 cm³/mol. The Kier molecular flexibility index (Phi) is 6.41. The van der Waals surface area contributed by atoms with Crippen LogP contribution in [0, 0.1) is 18.8 Å². The third kappa shape index (κ3) is 4.37. The van der Waals surface area contributed by atoms with E-state index in [-0.39, 0.29) is 23.8 Å². The van der Waals surface area contributed by atoms with Gasteiger partial charge in [-0.2, -0.15) is 0 Å². The number of benzene rings is 1. The second-order valence-corrected chi connectivity index (χ2v) is 7.08. The van der Waals surface area contributed by atoms with Gasteiger partial charge < -0.3 is 9.64 Å². The van der Waals surface area contributed by atoms with Gasteiger partial charge in [0.1, 0.15) is 0 Å². The van der Waals surface area contributed by atoms with Gasteiger partial charge >= 0.3 is 5.97 Å². The molecule has 0 radical (unpaired) electrons. The van der Waals surface area contributed by atoms with Crippen molar-refractivity contribution in [2.45, 2.75) is 52.5 Å². The lowest BCUT2D eigenvalue weighted by Crippen LogP contribution is -2.48. The van der Waals surface area contributed by atoms with Crippen molar-refractivity contribution >= 4 is 11.9 Å². The van der Waals surface area contributed by atoms with Crippen LogP contribution >= 0.6 is 0 Å². The number of carbonyl (C=O) groups is 2. The van der Waals surface area contributed by atoms with Crippen LogP contribution in [0.5, 0.6) is 0 Å². The highest BCUT2D eigenvalue weighted by molar-refractivity contribution is 5.94. The lowest BCUT2D eigenvalue weighted by Gasteiger charge is -2.39. The van der Waals surface area contributed by atoms with Gasteiger partial charge in [0.05, 0.1) is 13.0 Å². The van der Waals surface area contributed by atoms with E-state index in [1.165, 1.54) is 13.5 Å². The summed E-state index contributed by atoms with van der Waals surface area (Å²) in [6, 6.07) is 7.86. The molecule has 3 atom stereocenters. The highest BCUT2D eigenvalue weighted by Crippen LogP contribution is 2.30. The first kappa shape index (κ1) is 18.5. The van der Waals surface area contributed by atoms with E-state index in [2.05, 4.69) is 6.92 Å². The fourth-order valence-electron chi connectivity index (χ4n) is 3.56. The molecule has 24 heavy (non-hydrogen) atoms. The van der Waals surface area contributed by atoms with Crippen molar-refractivity contribution < 1.29 is 14.3 Å². The summed E-state index contributed by atoms with van der Waals surface area (Å²) in [6.45, 7) is 6.46. The van der Waals surface area contributed by atoms with Crippen LogP contribution in [-0.4, -0.2) is 36.5 Å². The van der Waals surface area contributed by atoms with E-state index in [0.29, 0.717) is 18.0 Å². The van der Waals surface area contributed by atoms with Gasteiger partial charge in [0.15, 0.2) is 0 Å². The van der Waals surface area contributed by atoms with Crippen LogP contribution in [0.15, 0.2) is 24.3 Å². The number of ether oxygens (including phenoxy) is 1.